The first kappa shape index (κ1) is 17.7. The molecule has 118 valence electrons. The van der Waals surface area contributed by atoms with Crippen LogP contribution in [0.4, 0.5) is 0 Å². The molecule has 1 amide bonds. The van der Waals surface area contributed by atoms with Gasteiger partial charge in [-0.3, -0.25) is 4.79 Å². The monoisotopic (exact) mass is 312 g/mol. The topological polar surface area (TPSA) is 73.6 Å². The van der Waals surface area contributed by atoms with Crippen LogP contribution in [-0.4, -0.2) is 32.9 Å². The molecule has 0 unspecified atom stereocenters. The van der Waals surface area contributed by atoms with E-state index in [4.69, 9.17) is 15.2 Å². The van der Waals surface area contributed by atoms with Gasteiger partial charge in [-0.05, 0) is 43.3 Å². The number of carbonyl (C=O) groups is 1. The Bertz CT molecular complexity index is 466. The van der Waals surface area contributed by atoms with Crippen LogP contribution >= 0.6 is 11.8 Å². The third-order valence-electron chi connectivity index (χ3n) is 3.13. The van der Waals surface area contributed by atoms with Crippen LogP contribution < -0.4 is 20.5 Å². The minimum atomic E-state index is -0.237. The Labute approximate surface area is 130 Å². The fourth-order valence-electron chi connectivity index (χ4n) is 2.00. The summed E-state index contributed by atoms with van der Waals surface area (Å²) in [5, 5.41) is 3.38. The molecule has 0 saturated carbocycles. The maximum Gasteiger partial charge on any atom is 0.217 e. The lowest BCUT2D eigenvalue weighted by Crippen LogP contribution is -2.16. The maximum atomic E-state index is 10.6. The van der Waals surface area contributed by atoms with Crippen LogP contribution in [0.25, 0.3) is 0 Å². The van der Waals surface area contributed by atoms with E-state index in [-0.39, 0.29) is 5.91 Å². The number of nitrogens with one attached hydrogen (secondary N) is 1. The number of primary amides is 1. The Balaban J connectivity index is 2.55. The molecule has 21 heavy (non-hydrogen) atoms. The summed E-state index contributed by atoms with van der Waals surface area (Å²) in [5.74, 6) is 1.24. The first-order valence-electron chi connectivity index (χ1n) is 6.90. The fraction of sp³-hybridized carbons (Fsp3) is 0.533. The van der Waals surface area contributed by atoms with Crippen LogP contribution in [0.15, 0.2) is 17.0 Å². The van der Waals surface area contributed by atoms with Gasteiger partial charge in [-0.15, -0.1) is 11.8 Å². The third-order valence-corrected chi connectivity index (χ3v) is 3.95. The number of amides is 1. The summed E-state index contributed by atoms with van der Waals surface area (Å²) < 4.78 is 10.6. The van der Waals surface area contributed by atoms with Gasteiger partial charge in [0, 0.05) is 17.9 Å². The predicted octanol–water partition coefficient (Wildman–Crippen LogP) is 2.17. The molecule has 0 spiro atoms. The minimum Gasteiger partial charge on any atom is -0.493 e. The Hall–Kier alpha value is -1.40. The van der Waals surface area contributed by atoms with Gasteiger partial charge >= 0.3 is 0 Å². The molecule has 0 bridgehead atoms. The lowest BCUT2D eigenvalue weighted by Gasteiger charge is -2.14. The molecule has 1 rings (SSSR count). The van der Waals surface area contributed by atoms with Gasteiger partial charge in [0.05, 0.1) is 14.2 Å². The summed E-state index contributed by atoms with van der Waals surface area (Å²) in [7, 11) is 3.27. The number of benzene rings is 1. The molecule has 3 N–H and O–H groups in total. The molecule has 1 aromatic carbocycles. The van der Waals surface area contributed by atoms with E-state index in [1.807, 2.05) is 18.4 Å². The van der Waals surface area contributed by atoms with Gasteiger partial charge in [0.15, 0.2) is 11.5 Å². The third kappa shape index (κ3) is 5.85. The van der Waals surface area contributed by atoms with Crippen LogP contribution in [0.1, 0.15) is 24.8 Å². The van der Waals surface area contributed by atoms with Gasteiger partial charge in [-0.2, -0.15) is 0 Å². The van der Waals surface area contributed by atoms with Crippen LogP contribution in [0.5, 0.6) is 11.5 Å². The Morgan fingerprint density at radius 2 is 1.90 bits per heavy atom. The Kier molecular flexibility index (Phi) is 8.00. The van der Waals surface area contributed by atoms with E-state index in [0.29, 0.717) is 6.42 Å². The summed E-state index contributed by atoms with van der Waals surface area (Å²) in [6.07, 6.45) is 4.25. The number of nitrogens with two attached hydrogens (primary N) is 1. The molecule has 0 aliphatic carbocycles. The van der Waals surface area contributed by atoms with Crippen molar-refractivity contribution in [2.75, 3.05) is 27.0 Å². The van der Waals surface area contributed by atoms with E-state index >= 15 is 0 Å². The molecule has 0 aliphatic heterocycles. The number of hydrogen-bond donors (Lipinski definition) is 2. The van der Waals surface area contributed by atoms with E-state index in [2.05, 4.69) is 5.32 Å². The summed E-state index contributed by atoms with van der Waals surface area (Å²) in [4.78, 5) is 11.8. The zero-order valence-electron chi connectivity index (χ0n) is 12.9. The van der Waals surface area contributed by atoms with Crippen molar-refractivity contribution >= 4 is 17.7 Å². The molecule has 6 heteroatoms. The van der Waals surface area contributed by atoms with Gasteiger partial charge in [0.25, 0.3) is 0 Å². The second kappa shape index (κ2) is 9.52. The number of ether oxygens (including phenoxy) is 2. The highest BCUT2D eigenvalue weighted by atomic mass is 32.2. The van der Waals surface area contributed by atoms with E-state index < -0.39 is 0 Å². The summed E-state index contributed by atoms with van der Waals surface area (Å²) >= 11 is 1.68. The smallest absolute Gasteiger partial charge is 0.217 e. The van der Waals surface area contributed by atoms with Gasteiger partial charge in [-0.25, -0.2) is 0 Å². The number of rotatable bonds is 10. The molecule has 0 atom stereocenters. The highest BCUT2D eigenvalue weighted by Crippen LogP contribution is 2.34. The molecule has 0 fully saturated rings. The number of carbonyl (C=O) groups excluding carboxylic acids is 1. The number of unbranched alkanes of at least 4 members (excludes halogenated alkanes) is 1. The average Bonchev–Trinajstić information content (AvgIpc) is 2.49. The highest BCUT2D eigenvalue weighted by molar-refractivity contribution is 7.98. The number of thioether (sulfide) groups is 1. The molecule has 0 heterocycles. The minimum absolute atomic E-state index is 0.237. The van der Waals surface area contributed by atoms with E-state index in [9.17, 15) is 4.79 Å². The lowest BCUT2D eigenvalue weighted by atomic mass is 10.2. The number of hydrogen-bond acceptors (Lipinski definition) is 5. The van der Waals surface area contributed by atoms with Crippen LogP contribution in [0.2, 0.25) is 0 Å². The number of methoxy groups -OCH3 is 2. The summed E-state index contributed by atoms with van der Waals surface area (Å²) in [5.41, 5.74) is 6.28. The standard InChI is InChI=1S/C15H24N2O3S/c1-19-12-8-11(14(21-3)9-13(12)20-2)10-17-7-5-4-6-15(16)18/h8-9,17H,4-7,10H2,1-3H3,(H2,16,18). The summed E-state index contributed by atoms with van der Waals surface area (Å²) in [6.45, 7) is 1.61. The van der Waals surface area contributed by atoms with Gasteiger partial charge in [0.1, 0.15) is 0 Å². The van der Waals surface area contributed by atoms with Crippen LogP contribution in [-0.2, 0) is 11.3 Å². The molecule has 1 aromatic rings. The van der Waals surface area contributed by atoms with Gasteiger partial charge in [0.2, 0.25) is 5.91 Å². The van der Waals surface area contributed by atoms with Crippen LogP contribution in [0.3, 0.4) is 0 Å². The quantitative estimate of drug-likeness (QED) is 0.512. The van der Waals surface area contributed by atoms with Gasteiger partial charge < -0.3 is 20.5 Å². The van der Waals surface area contributed by atoms with Crippen molar-refractivity contribution < 1.29 is 14.3 Å². The van der Waals surface area contributed by atoms with Crippen molar-refractivity contribution in [2.24, 2.45) is 5.73 Å². The zero-order chi connectivity index (χ0) is 15.7. The highest BCUT2D eigenvalue weighted by Gasteiger charge is 2.10. The van der Waals surface area contributed by atoms with Crippen molar-refractivity contribution in [3.05, 3.63) is 17.7 Å². The van der Waals surface area contributed by atoms with Crippen molar-refractivity contribution in [1.82, 2.24) is 5.32 Å². The van der Waals surface area contributed by atoms with E-state index in [1.54, 1.807) is 26.0 Å². The summed E-state index contributed by atoms with van der Waals surface area (Å²) in [6, 6.07) is 3.99. The normalized spacial score (nSPS) is 10.4. The molecule has 0 radical (unpaired) electrons. The lowest BCUT2D eigenvalue weighted by molar-refractivity contribution is -0.118. The molecule has 5 nitrogen and oxygen atoms in total. The first-order valence-corrected chi connectivity index (χ1v) is 8.12. The van der Waals surface area contributed by atoms with Crippen molar-refractivity contribution in [3.63, 3.8) is 0 Å². The fourth-order valence-corrected chi connectivity index (χ4v) is 2.62. The maximum absolute atomic E-state index is 10.6. The molecule has 0 saturated heterocycles. The second-order valence-corrected chi connectivity index (χ2v) is 5.47. The van der Waals surface area contributed by atoms with E-state index in [0.717, 1.165) is 42.3 Å². The van der Waals surface area contributed by atoms with Crippen LogP contribution in [0, 0.1) is 0 Å². The zero-order valence-corrected chi connectivity index (χ0v) is 13.7. The van der Waals surface area contributed by atoms with Crippen molar-refractivity contribution in [2.45, 2.75) is 30.7 Å². The van der Waals surface area contributed by atoms with Crippen molar-refractivity contribution in [1.29, 1.82) is 0 Å². The molecular formula is C15H24N2O3S. The molecular weight excluding hydrogens is 288 g/mol. The largest absolute Gasteiger partial charge is 0.493 e. The molecule has 0 aromatic heterocycles. The first-order chi connectivity index (χ1) is 10.1. The predicted molar refractivity (Wildman–Crippen MR) is 86.1 cm³/mol. The Morgan fingerprint density at radius 1 is 1.24 bits per heavy atom. The van der Waals surface area contributed by atoms with Gasteiger partial charge in [-0.1, -0.05) is 0 Å². The second-order valence-electron chi connectivity index (χ2n) is 4.62. The SMILES string of the molecule is COc1cc(CNCCCCC(N)=O)c(SC)cc1OC. The average molecular weight is 312 g/mol. The molecule has 0 aliphatic rings. The van der Waals surface area contributed by atoms with Crippen molar-refractivity contribution in [3.8, 4) is 11.5 Å². The van der Waals surface area contributed by atoms with E-state index in [1.165, 1.54) is 5.56 Å². The Morgan fingerprint density at radius 3 is 2.48 bits per heavy atom.